The van der Waals surface area contributed by atoms with Crippen molar-refractivity contribution in [3.8, 4) is 0 Å². The first-order valence-electron chi connectivity index (χ1n) is 14.1. The molecule has 0 saturated heterocycles. The first-order valence-corrected chi connectivity index (χ1v) is 15.9. The number of benzene rings is 1. The molecule has 4 aromatic rings. The topological polar surface area (TPSA) is 188 Å². The molecule has 6 N–H and O–H groups in total. The minimum Gasteiger partial charge on any atom is -0.382 e. The maximum atomic E-state index is 13.5. The highest BCUT2D eigenvalue weighted by Gasteiger charge is 2.28. The second-order valence-electron chi connectivity index (χ2n) is 10.7. The predicted molar refractivity (Wildman–Crippen MR) is 166 cm³/mol. The number of aromatic nitrogens is 4. The van der Waals surface area contributed by atoms with Gasteiger partial charge in [-0.3, -0.25) is 24.3 Å². The van der Waals surface area contributed by atoms with Gasteiger partial charge < -0.3 is 26.6 Å². The molecule has 1 aliphatic rings. The van der Waals surface area contributed by atoms with Crippen LogP contribution in [0, 0.1) is 5.92 Å². The van der Waals surface area contributed by atoms with E-state index in [1.54, 1.807) is 10.8 Å². The van der Waals surface area contributed by atoms with Crippen LogP contribution in [0.5, 0.6) is 0 Å². The summed E-state index contributed by atoms with van der Waals surface area (Å²) < 4.78 is 0. The van der Waals surface area contributed by atoms with Gasteiger partial charge in [-0.2, -0.15) is 5.10 Å². The molecule has 1 aromatic carbocycles. The number of hydrogen-bond donors (Lipinski definition) is 5. The van der Waals surface area contributed by atoms with Gasteiger partial charge in [-0.05, 0) is 24.3 Å². The molecular weight excluding hydrogens is 603 g/mol. The van der Waals surface area contributed by atoms with Gasteiger partial charge in [0.1, 0.15) is 32.9 Å². The first kappa shape index (κ1) is 30.8. The van der Waals surface area contributed by atoms with Crippen LogP contribution in [0.25, 0.3) is 0 Å². The van der Waals surface area contributed by atoms with Gasteiger partial charge in [-0.15, -0.1) is 22.7 Å². The third-order valence-electron chi connectivity index (χ3n) is 6.98. The van der Waals surface area contributed by atoms with Crippen molar-refractivity contribution < 1.29 is 19.2 Å². The molecule has 0 saturated carbocycles. The molecule has 44 heavy (non-hydrogen) atoms. The Kier molecular flexibility index (Phi) is 9.65. The van der Waals surface area contributed by atoms with E-state index in [2.05, 4.69) is 36.1 Å². The monoisotopic (exact) mass is 635 g/mol. The van der Waals surface area contributed by atoms with Crippen LogP contribution in [0.15, 0.2) is 47.2 Å². The lowest BCUT2D eigenvalue weighted by molar-refractivity contribution is -0.122. The molecule has 0 unspecified atom stereocenters. The summed E-state index contributed by atoms with van der Waals surface area (Å²) in [6.07, 6.45) is 0.800. The van der Waals surface area contributed by atoms with Crippen molar-refractivity contribution in [2.75, 3.05) is 25.4 Å². The number of carbonyl (C=O) groups is 4. The molecule has 4 bridgehead atoms. The number of thiazole rings is 2. The Labute approximate surface area is 261 Å². The number of nitrogens with zero attached hydrogens (tertiary/aromatic N) is 4. The quantitative estimate of drug-likeness (QED) is 0.226. The van der Waals surface area contributed by atoms with E-state index in [-0.39, 0.29) is 60.3 Å². The smallest absolute Gasteiger partial charge is 0.272 e. The van der Waals surface area contributed by atoms with Gasteiger partial charge in [0, 0.05) is 29.9 Å². The first-order chi connectivity index (χ1) is 21.2. The van der Waals surface area contributed by atoms with Crippen LogP contribution in [0.4, 0.5) is 5.82 Å². The van der Waals surface area contributed by atoms with Crippen molar-refractivity contribution in [1.29, 1.82) is 0 Å². The van der Waals surface area contributed by atoms with Crippen LogP contribution in [0.3, 0.4) is 0 Å². The number of anilines is 1. The molecule has 230 valence electrons. The molecular formula is C29H33N9O4S2. The molecule has 0 aliphatic carbocycles. The Morgan fingerprint density at radius 2 is 1.73 bits per heavy atom. The molecule has 5 rings (SSSR count). The number of H-pyrrole nitrogens is 1. The fraction of sp³-hybridized carbons (Fsp3) is 0.345. The fourth-order valence-electron chi connectivity index (χ4n) is 4.71. The molecule has 1 aliphatic heterocycles. The molecule has 3 aromatic heterocycles. The average molecular weight is 636 g/mol. The highest BCUT2D eigenvalue weighted by atomic mass is 32.1. The van der Waals surface area contributed by atoms with E-state index >= 15 is 0 Å². The van der Waals surface area contributed by atoms with Crippen molar-refractivity contribution in [3.63, 3.8) is 0 Å². The summed E-state index contributed by atoms with van der Waals surface area (Å²) in [7, 11) is 0. The zero-order valence-electron chi connectivity index (χ0n) is 24.2. The molecule has 15 heteroatoms. The molecule has 0 spiro atoms. The van der Waals surface area contributed by atoms with Crippen LogP contribution in [-0.4, -0.2) is 68.3 Å². The second kappa shape index (κ2) is 13.8. The highest BCUT2D eigenvalue weighted by Crippen LogP contribution is 2.27. The van der Waals surface area contributed by atoms with Crippen molar-refractivity contribution in [2.24, 2.45) is 5.92 Å². The molecule has 2 atom stereocenters. The largest absolute Gasteiger partial charge is 0.382 e. The molecule has 4 heterocycles. The van der Waals surface area contributed by atoms with Crippen molar-refractivity contribution >= 4 is 52.1 Å². The molecule has 0 fully saturated rings. The van der Waals surface area contributed by atoms with E-state index in [0.29, 0.717) is 22.9 Å². The maximum absolute atomic E-state index is 13.5. The third-order valence-corrected chi connectivity index (χ3v) is 8.87. The summed E-state index contributed by atoms with van der Waals surface area (Å²) in [5.41, 5.74) is 7.27. The lowest BCUT2D eigenvalue weighted by Crippen LogP contribution is -2.43. The van der Waals surface area contributed by atoms with Crippen LogP contribution in [0.2, 0.25) is 0 Å². The number of hydrogen-bond acceptors (Lipinski definition) is 10. The van der Waals surface area contributed by atoms with E-state index in [1.807, 2.05) is 44.2 Å². The zero-order valence-corrected chi connectivity index (χ0v) is 25.8. The molecule has 4 amide bonds. The average Bonchev–Trinajstić information content (AvgIpc) is 3.78. The van der Waals surface area contributed by atoms with Crippen LogP contribution < -0.4 is 21.7 Å². The summed E-state index contributed by atoms with van der Waals surface area (Å²) in [6.45, 7) is 4.08. The van der Waals surface area contributed by atoms with Crippen molar-refractivity contribution in [3.05, 3.63) is 79.8 Å². The maximum Gasteiger partial charge on any atom is 0.272 e. The second-order valence-corrected chi connectivity index (χ2v) is 12.5. The zero-order chi connectivity index (χ0) is 31.2. The van der Waals surface area contributed by atoms with E-state index < -0.39 is 23.9 Å². The number of fused-ring (bicyclic) bond motifs is 4. The third kappa shape index (κ3) is 7.47. The van der Waals surface area contributed by atoms with Crippen LogP contribution in [-0.2, 0) is 11.2 Å². The number of nitrogens with one attached hydrogen (secondary N) is 4. The Hall–Kier alpha value is -4.63. The van der Waals surface area contributed by atoms with Gasteiger partial charge in [0.2, 0.25) is 5.91 Å². The van der Waals surface area contributed by atoms with E-state index in [4.69, 9.17) is 5.73 Å². The van der Waals surface area contributed by atoms with Gasteiger partial charge >= 0.3 is 0 Å². The summed E-state index contributed by atoms with van der Waals surface area (Å²) in [5.74, 6) is -1.49. The van der Waals surface area contributed by atoms with E-state index in [1.165, 1.54) is 33.6 Å². The van der Waals surface area contributed by atoms with Crippen molar-refractivity contribution in [2.45, 2.75) is 38.8 Å². The number of rotatable bonds is 4. The number of carbonyl (C=O) groups excluding carboxylic acids is 4. The van der Waals surface area contributed by atoms with Crippen LogP contribution in [0.1, 0.15) is 79.4 Å². The summed E-state index contributed by atoms with van der Waals surface area (Å²) in [4.78, 5) is 63.5. The molecule has 0 radical (unpaired) electrons. The number of amides is 4. The SMILES string of the molecule is CC(C)[C@@H]1NC(=O)c2csc(n2)[C@H](Cc2ccccc2)NC(=O)CN(C(=O)c2cc(N)n[nH]2)CCCNC(=O)c2csc1n2. The number of aromatic amines is 1. The Bertz CT molecular complexity index is 1630. The van der Waals surface area contributed by atoms with Gasteiger partial charge in [-0.1, -0.05) is 44.2 Å². The Morgan fingerprint density at radius 1 is 1.02 bits per heavy atom. The molecule has 13 nitrogen and oxygen atoms in total. The fourth-order valence-corrected chi connectivity index (χ4v) is 6.58. The lowest BCUT2D eigenvalue weighted by Gasteiger charge is -2.24. The van der Waals surface area contributed by atoms with E-state index in [0.717, 1.165) is 5.56 Å². The van der Waals surface area contributed by atoms with Gasteiger partial charge in [-0.25, -0.2) is 9.97 Å². The minimum atomic E-state index is -0.556. The van der Waals surface area contributed by atoms with Gasteiger partial charge in [0.05, 0.1) is 18.6 Å². The normalized spacial score (nSPS) is 18.5. The standard InChI is InChI=1S/C29H33N9O4S2/c1-16(2)24-28-34-20(14-44-28)25(40)31-9-6-10-38(29(42)19-12-22(30)37-36-19)13-23(39)32-18(11-17-7-4-3-5-8-17)27-33-21(15-43-27)26(41)35-24/h3-5,7-8,12,14-16,18,24H,6,9-11,13H2,1-2H3,(H,31,40)(H,32,39)(H,35,41)(H3,30,36,37)/t18-,24-/m0/s1. The highest BCUT2D eigenvalue weighted by molar-refractivity contribution is 7.10. The van der Waals surface area contributed by atoms with E-state index in [9.17, 15) is 19.2 Å². The lowest BCUT2D eigenvalue weighted by atomic mass is 10.0. The van der Waals surface area contributed by atoms with Crippen molar-refractivity contribution in [1.82, 2.24) is 41.0 Å². The van der Waals surface area contributed by atoms with Gasteiger partial charge in [0.25, 0.3) is 17.7 Å². The predicted octanol–water partition coefficient (Wildman–Crippen LogP) is 2.71. The number of nitrogen functional groups attached to an aromatic ring is 1. The summed E-state index contributed by atoms with van der Waals surface area (Å²) in [6, 6.07) is 10.0. The summed E-state index contributed by atoms with van der Waals surface area (Å²) >= 11 is 2.57. The number of nitrogens with two attached hydrogens (primary N) is 1. The van der Waals surface area contributed by atoms with Crippen LogP contribution >= 0.6 is 22.7 Å². The van der Waals surface area contributed by atoms with Gasteiger partial charge in [0.15, 0.2) is 0 Å². The minimum absolute atomic E-state index is 0.00733. The Balaban J connectivity index is 1.47. The summed E-state index contributed by atoms with van der Waals surface area (Å²) in [5, 5.41) is 19.8. The Morgan fingerprint density at radius 3 is 2.43 bits per heavy atom.